The number of benzene rings is 1. The summed E-state index contributed by atoms with van der Waals surface area (Å²) in [5.74, 6) is -0.253. The normalized spacial score (nSPS) is 11.6. The Kier molecular flexibility index (Phi) is 5.91. The van der Waals surface area contributed by atoms with Crippen molar-refractivity contribution in [3.05, 3.63) is 23.8 Å². The van der Waals surface area contributed by atoms with Gasteiger partial charge in [0.05, 0.1) is 25.4 Å². The lowest BCUT2D eigenvalue weighted by Crippen LogP contribution is -2.13. The molecule has 0 aliphatic heterocycles. The molecule has 0 atom stereocenters. The smallest absolute Gasteiger partial charge is 0.420 e. The fourth-order valence-corrected chi connectivity index (χ4v) is 1.35. The fraction of sp³-hybridized carbons (Fsp3) is 0.500. The third kappa shape index (κ3) is 5.35. The average Bonchev–Trinajstić information content (AvgIpc) is 2.34. The van der Waals surface area contributed by atoms with Gasteiger partial charge >= 0.3 is 6.18 Å². The van der Waals surface area contributed by atoms with E-state index >= 15 is 0 Å². The Bertz CT molecular complexity index is 396. The summed E-state index contributed by atoms with van der Waals surface area (Å²) >= 11 is 0. The zero-order valence-electron chi connectivity index (χ0n) is 10.5. The Balaban J connectivity index is 2.54. The van der Waals surface area contributed by atoms with Crippen molar-refractivity contribution in [3.8, 4) is 5.75 Å². The highest BCUT2D eigenvalue weighted by molar-refractivity contribution is 5.49. The highest BCUT2D eigenvalue weighted by atomic mass is 19.4. The number of halogens is 3. The maximum atomic E-state index is 12.7. The average molecular weight is 279 g/mol. The number of rotatable bonds is 7. The molecule has 0 amide bonds. The molecule has 4 nitrogen and oxygen atoms in total. The highest BCUT2D eigenvalue weighted by Crippen LogP contribution is 2.37. The van der Waals surface area contributed by atoms with E-state index < -0.39 is 11.7 Å². The standard InChI is InChI=1S/C12H16F3NO3/c1-17-4-5-18-6-7-19-11-3-2-9(16)8-10(11)12(13,14)15/h2-3,8H,4-7,16H2,1H3. The van der Waals surface area contributed by atoms with Crippen molar-refractivity contribution >= 4 is 5.69 Å². The molecular formula is C12H16F3NO3. The molecule has 0 unspecified atom stereocenters. The number of hydrogen-bond acceptors (Lipinski definition) is 4. The van der Waals surface area contributed by atoms with Crippen molar-refractivity contribution in [3.63, 3.8) is 0 Å². The molecule has 0 radical (unpaired) electrons. The van der Waals surface area contributed by atoms with Crippen LogP contribution in [0.15, 0.2) is 18.2 Å². The second-order valence-electron chi connectivity index (χ2n) is 3.71. The van der Waals surface area contributed by atoms with Gasteiger partial charge in [-0.25, -0.2) is 0 Å². The Labute approximate surface area is 109 Å². The van der Waals surface area contributed by atoms with Gasteiger partial charge in [-0.05, 0) is 18.2 Å². The molecule has 0 spiro atoms. The van der Waals surface area contributed by atoms with E-state index in [-0.39, 0.29) is 24.7 Å². The van der Waals surface area contributed by atoms with Crippen molar-refractivity contribution < 1.29 is 27.4 Å². The monoisotopic (exact) mass is 279 g/mol. The second-order valence-corrected chi connectivity index (χ2v) is 3.71. The van der Waals surface area contributed by atoms with E-state index in [0.717, 1.165) is 6.07 Å². The van der Waals surface area contributed by atoms with Crippen molar-refractivity contribution in [1.82, 2.24) is 0 Å². The first-order chi connectivity index (χ1) is 8.95. The van der Waals surface area contributed by atoms with E-state index in [2.05, 4.69) is 0 Å². The predicted molar refractivity (Wildman–Crippen MR) is 64.0 cm³/mol. The predicted octanol–water partition coefficient (Wildman–Crippen LogP) is 2.33. The Morgan fingerprint density at radius 2 is 1.79 bits per heavy atom. The van der Waals surface area contributed by atoms with Gasteiger partial charge in [-0.2, -0.15) is 13.2 Å². The zero-order valence-corrected chi connectivity index (χ0v) is 10.5. The van der Waals surface area contributed by atoms with Gasteiger partial charge in [0.25, 0.3) is 0 Å². The van der Waals surface area contributed by atoms with Gasteiger partial charge in [0.15, 0.2) is 0 Å². The molecule has 2 N–H and O–H groups in total. The van der Waals surface area contributed by atoms with Crippen LogP contribution in [0.2, 0.25) is 0 Å². The molecule has 0 aromatic heterocycles. The number of ether oxygens (including phenoxy) is 3. The van der Waals surface area contributed by atoms with Crippen LogP contribution in [0.4, 0.5) is 18.9 Å². The number of hydrogen-bond donors (Lipinski definition) is 1. The molecule has 0 heterocycles. The van der Waals surface area contributed by atoms with Gasteiger partial charge in [0, 0.05) is 12.8 Å². The number of alkyl halides is 3. The minimum atomic E-state index is -4.50. The van der Waals surface area contributed by atoms with E-state index in [1.165, 1.54) is 19.2 Å². The van der Waals surface area contributed by atoms with Gasteiger partial charge in [0.2, 0.25) is 0 Å². The molecular weight excluding hydrogens is 263 g/mol. The SMILES string of the molecule is COCCOCCOc1ccc(N)cc1C(F)(F)F. The molecule has 1 aromatic carbocycles. The van der Waals surface area contributed by atoms with Crippen LogP contribution >= 0.6 is 0 Å². The maximum Gasteiger partial charge on any atom is 0.420 e. The second kappa shape index (κ2) is 7.20. The van der Waals surface area contributed by atoms with Crippen molar-refractivity contribution in [1.29, 1.82) is 0 Å². The summed E-state index contributed by atoms with van der Waals surface area (Å²) in [5.41, 5.74) is 4.49. The minimum absolute atomic E-state index is 0.0245. The van der Waals surface area contributed by atoms with Crippen LogP contribution in [0.5, 0.6) is 5.75 Å². The van der Waals surface area contributed by atoms with Gasteiger partial charge in [-0.15, -0.1) is 0 Å². The van der Waals surface area contributed by atoms with Crippen molar-refractivity contribution in [2.75, 3.05) is 39.3 Å². The summed E-state index contributed by atoms with van der Waals surface area (Å²) < 4.78 is 53.1. The molecule has 1 aromatic rings. The van der Waals surface area contributed by atoms with E-state index in [0.29, 0.717) is 13.2 Å². The molecule has 7 heteroatoms. The summed E-state index contributed by atoms with van der Waals surface area (Å²) in [6.45, 7) is 1.01. The molecule has 108 valence electrons. The molecule has 1 rings (SSSR count). The minimum Gasteiger partial charge on any atom is -0.491 e. The zero-order chi connectivity index (χ0) is 14.3. The topological polar surface area (TPSA) is 53.7 Å². The Hall–Kier alpha value is -1.47. The first kappa shape index (κ1) is 15.6. The molecule has 0 aliphatic rings. The first-order valence-corrected chi connectivity index (χ1v) is 5.61. The molecule has 0 bridgehead atoms. The summed E-state index contributed by atoms with van der Waals surface area (Å²) in [6.07, 6.45) is -4.50. The van der Waals surface area contributed by atoms with Gasteiger partial charge in [-0.1, -0.05) is 0 Å². The van der Waals surface area contributed by atoms with Gasteiger partial charge < -0.3 is 19.9 Å². The fourth-order valence-electron chi connectivity index (χ4n) is 1.35. The molecule has 0 fully saturated rings. The Morgan fingerprint density at radius 3 is 2.42 bits per heavy atom. The van der Waals surface area contributed by atoms with E-state index in [9.17, 15) is 13.2 Å². The van der Waals surface area contributed by atoms with Crippen LogP contribution in [0.3, 0.4) is 0 Å². The van der Waals surface area contributed by atoms with Crippen molar-refractivity contribution in [2.45, 2.75) is 6.18 Å². The number of nitrogens with two attached hydrogens (primary N) is 1. The van der Waals surface area contributed by atoms with Crippen LogP contribution in [0, 0.1) is 0 Å². The number of methoxy groups -OCH3 is 1. The maximum absolute atomic E-state index is 12.7. The summed E-state index contributed by atoms with van der Waals surface area (Å²) in [4.78, 5) is 0. The summed E-state index contributed by atoms with van der Waals surface area (Å²) in [5, 5.41) is 0. The van der Waals surface area contributed by atoms with Crippen LogP contribution < -0.4 is 10.5 Å². The summed E-state index contributed by atoms with van der Waals surface area (Å²) in [7, 11) is 1.53. The van der Waals surface area contributed by atoms with E-state index in [1.54, 1.807) is 0 Å². The molecule has 0 aliphatic carbocycles. The third-order valence-electron chi connectivity index (χ3n) is 2.23. The van der Waals surface area contributed by atoms with Gasteiger partial charge in [0.1, 0.15) is 12.4 Å². The van der Waals surface area contributed by atoms with Crippen molar-refractivity contribution in [2.24, 2.45) is 0 Å². The molecule has 19 heavy (non-hydrogen) atoms. The number of nitrogen functional groups attached to an aromatic ring is 1. The first-order valence-electron chi connectivity index (χ1n) is 5.61. The van der Waals surface area contributed by atoms with Crippen LogP contribution in [-0.4, -0.2) is 33.5 Å². The lowest BCUT2D eigenvalue weighted by molar-refractivity contribution is -0.139. The Morgan fingerprint density at radius 1 is 1.11 bits per heavy atom. The van der Waals surface area contributed by atoms with Crippen LogP contribution in [-0.2, 0) is 15.7 Å². The van der Waals surface area contributed by atoms with Crippen LogP contribution in [0.1, 0.15) is 5.56 Å². The molecule has 0 saturated carbocycles. The highest BCUT2D eigenvalue weighted by Gasteiger charge is 2.34. The number of anilines is 1. The molecule has 0 saturated heterocycles. The lowest BCUT2D eigenvalue weighted by Gasteiger charge is -2.14. The lowest BCUT2D eigenvalue weighted by atomic mass is 10.1. The van der Waals surface area contributed by atoms with E-state index in [1.807, 2.05) is 0 Å². The van der Waals surface area contributed by atoms with E-state index in [4.69, 9.17) is 19.9 Å². The van der Waals surface area contributed by atoms with Gasteiger partial charge in [-0.3, -0.25) is 0 Å². The quantitative estimate of drug-likeness (QED) is 0.615. The van der Waals surface area contributed by atoms with Crippen LogP contribution in [0.25, 0.3) is 0 Å². The largest absolute Gasteiger partial charge is 0.491 e. The summed E-state index contributed by atoms with van der Waals surface area (Å²) in [6, 6.07) is 3.41. The third-order valence-corrected chi connectivity index (χ3v) is 2.23.